The van der Waals surface area contributed by atoms with Gasteiger partial charge in [-0.2, -0.15) is 0 Å². The Morgan fingerprint density at radius 3 is 2.92 bits per heavy atom. The topological polar surface area (TPSA) is 93.2 Å². The number of nitrogens with one attached hydrogen (secondary N) is 2. The summed E-state index contributed by atoms with van der Waals surface area (Å²) in [5.74, 6) is 0.683. The number of methoxy groups -OCH3 is 1. The summed E-state index contributed by atoms with van der Waals surface area (Å²) in [4.78, 5) is 23.2. The van der Waals surface area contributed by atoms with E-state index >= 15 is 0 Å². The Labute approximate surface area is 158 Å². The molecule has 9 heteroatoms. The van der Waals surface area contributed by atoms with Crippen molar-refractivity contribution in [2.45, 2.75) is 45.4 Å². The van der Waals surface area contributed by atoms with Gasteiger partial charge < -0.3 is 15.4 Å². The molecule has 0 spiro atoms. The van der Waals surface area contributed by atoms with Crippen molar-refractivity contribution in [3.8, 4) is 0 Å². The number of ether oxygens (including phenoxy) is 1. The molecule has 1 saturated heterocycles. The zero-order valence-corrected chi connectivity index (χ0v) is 16.4. The largest absolute Gasteiger partial charge is 0.469 e. The monoisotopic (exact) mass is 390 g/mol. The van der Waals surface area contributed by atoms with Gasteiger partial charge in [-0.1, -0.05) is 18.3 Å². The Morgan fingerprint density at radius 2 is 2.24 bits per heavy atom. The molecule has 142 valence electrons. The Morgan fingerprint density at radius 1 is 1.44 bits per heavy atom. The number of hydrogen-bond donors (Lipinski definition) is 2. The average Bonchev–Trinajstić information content (AvgIpc) is 3.02. The maximum absolute atomic E-state index is 12.2. The number of halogens is 1. The summed E-state index contributed by atoms with van der Waals surface area (Å²) in [6, 6.07) is 0. The van der Waals surface area contributed by atoms with Crippen LogP contribution in [0.1, 0.15) is 44.0 Å². The molecule has 25 heavy (non-hydrogen) atoms. The number of amides is 1. The molecule has 2 atom stereocenters. The molecule has 0 aromatic carbocycles. The highest BCUT2D eigenvalue weighted by molar-refractivity contribution is 7.15. The van der Waals surface area contributed by atoms with Crippen molar-refractivity contribution in [2.75, 3.05) is 25.5 Å². The van der Waals surface area contributed by atoms with Gasteiger partial charge in [0.2, 0.25) is 11.0 Å². The number of aryl methyl sites for hydroxylation is 1. The minimum absolute atomic E-state index is 0. The van der Waals surface area contributed by atoms with Crippen molar-refractivity contribution < 1.29 is 14.3 Å². The number of esters is 1. The van der Waals surface area contributed by atoms with E-state index in [1.54, 1.807) is 0 Å². The van der Waals surface area contributed by atoms with Crippen molar-refractivity contribution in [3.63, 3.8) is 0 Å². The van der Waals surface area contributed by atoms with Crippen molar-refractivity contribution >= 4 is 40.8 Å². The van der Waals surface area contributed by atoms with Crippen LogP contribution in [0.4, 0.5) is 5.13 Å². The number of aromatic nitrogens is 2. The van der Waals surface area contributed by atoms with Crippen LogP contribution in [0.2, 0.25) is 0 Å². The van der Waals surface area contributed by atoms with Gasteiger partial charge in [0.05, 0.1) is 7.11 Å². The number of nitrogens with zero attached hydrogens (tertiary/aromatic N) is 2. The first-order valence-electron chi connectivity index (χ1n) is 8.48. The van der Waals surface area contributed by atoms with Crippen LogP contribution >= 0.6 is 23.7 Å². The lowest BCUT2D eigenvalue weighted by molar-refractivity contribution is -0.140. The predicted molar refractivity (Wildman–Crippen MR) is 100 cm³/mol. The molecular formula is C16H27ClN4O3S. The van der Waals surface area contributed by atoms with E-state index in [2.05, 4.69) is 32.5 Å². The van der Waals surface area contributed by atoms with Crippen molar-refractivity contribution in [3.05, 3.63) is 5.01 Å². The van der Waals surface area contributed by atoms with Crippen LogP contribution < -0.4 is 10.6 Å². The quantitative estimate of drug-likeness (QED) is 0.662. The fourth-order valence-corrected chi connectivity index (χ4v) is 3.68. The normalized spacial score (nSPS) is 18.1. The lowest BCUT2D eigenvalue weighted by Crippen LogP contribution is -2.34. The number of carbonyl (C=O) groups excluding carboxylic acids is 2. The minimum Gasteiger partial charge on any atom is -0.469 e. The third kappa shape index (κ3) is 7.66. The maximum Gasteiger partial charge on any atom is 0.305 e. The number of carbonyl (C=O) groups is 2. The molecule has 2 heterocycles. The molecule has 1 aromatic heterocycles. The summed E-state index contributed by atoms with van der Waals surface area (Å²) in [5.41, 5.74) is 0. The summed E-state index contributed by atoms with van der Waals surface area (Å²) >= 11 is 1.36. The first-order valence-corrected chi connectivity index (χ1v) is 9.30. The highest BCUT2D eigenvalue weighted by atomic mass is 35.5. The van der Waals surface area contributed by atoms with Crippen LogP contribution in [0.3, 0.4) is 0 Å². The minimum atomic E-state index is -0.223. The molecule has 0 radical (unpaired) electrons. The molecule has 7 nitrogen and oxygen atoms in total. The van der Waals surface area contributed by atoms with Gasteiger partial charge in [-0.25, -0.2) is 0 Å². The Balaban J connectivity index is 0.00000312. The summed E-state index contributed by atoms with van der Waals surface area (Å²) in [6.45, 7) is 4.21. The first kappa shape index (κ1) is 21.8. The second-order valence-electron chi connectivity index (χ2n) is 6.27. The Hall–Kier alpha value is -1.25. The fourth-order valence-electron chi connectivity index (χ4n) is 2.89. The number of rotatable bonds is 8. The van der Waals surface area contributed by atoms with E-state index in [1.165, 1.54) is 31.3 Å². The van der Waals surface area contributed by atoms with Gasteiger partial charge >= 0.3 is 5.97 Å². The molecule has 2 N–H and O–H groups in total. The van der Waals surface area contributed by atoms with Crippen molar-refractivity contribution in [1.29, 1.82) is 0 Å². The lowest BCUT2D eigenvalue weighted by Gasteiger charge is -2.27. The average molecular weight is 391 g/mol. The van der Waals surface area contributed by atoms with Gasteiger partial charge in [0.1, 0.15) is 5.01 Å². The number of anilines is 1. The predicted octanol–water partition coefficient (Wildman–Crippen LogP) is 2.42. The van der Waals surface area contributed by atoms with Crippen LogP contribution in [-0.2, 0) is 20.7 Å². The summed E-state index contributed by atoms with van der Waals surface area (Å²) < 4.78 is 4.60. The van der Waals surface area contributed by atoms with Crippen LogP contribution in [0.5, 0.6) is 0 Å². The molecule has 1 aliphatic rings. The van der Waals surface area contributed by atoms with E-state index in [1.807, 2.05) is 0 Å². The number of piperidine rings is 1. The molecule has 0 aliphatic carbocycles. The highest BCUT2D eigenvalue weighted by Crippen LogP contribution is 2.23. The Bertz CT molecular complexity index is 549. The van der Waals surface area contributed by atoms with Crippen molar-refractivity contribution in [1.82, 2.24) is 15.5 Å². The highest BCUT2D eigenvalue weighted by Gasteiger charge is 2.22. The zero-order chi connectivity index (χ0) is 17.4. The molecule has 0 saturated carbocycles. The standard InChI is InChI=1S/C16H26N4O3S.ClH/c1-11(12-5-4-8-17-10-12)9-13(21)18-16-20-19-14(24-16)6-3-7-15(22)23-2;/h11-12,17H,3-10H2,1-2H3,(H,18,20,21);1H. The van der Waals surface area contributed by atoms with Gasteiger partial charge in [0, 0.05) is 19.3 Å². The maximum atomic E-state index is 12.2. The van der Waals surface area contributed by atoms with Crippen LogP contribution in [0, 0.1) is 11.8 Å². The first-order chi connectivity index (χ1) is 11.6. The van der Waals surface area contributed by atoms with Crippen LogP contribution in [-0.4, -0.2) is 42.3 Å². The summed E-state index contributed by atoms with van der Waals surface area (Å²) in [7, 11) is 1.38. The Kier molecular flexibility index (Phi) is 9.92. The van der Waals surface area contributed by atoms with E-state index in [9.17, 15) is 9.59 Å². The molecule has 2 rings (SSSR count). The van der Waals surface area contributed by atoms with E-state index < -0.39 is 0 Å². The van der Waals surface area contributed by atoms with E-state index in [-0.39, 0.29) is 24.3 Å². The van der Waals surface area contributed by atoms with Gasteiger partial charge in [-0.3, -0.25) is 9.59 Å². The molecule has 1 aromatic rings. The molecule has 1 aliphatic heterocycles. The van der Waals surface area contributed by atoms with Gasteiger partial charge in [0.15, 0.2) is 0 Å². The van der Waals surface area contributed by atoms with E-state index in [0.717, 1.165) is 18.1 Å². The molecule has 0 bridgehead atoms. The van der Waals surface area contributed by atoms with Gasteiger partial charge in [0.25, 0.3) is 0 Å². The molecule has 1 amide bonds. The van der Waals surface area contributed by atoms with Crippen molar-refractivity contribution in [2.24, 2.45) is 11.8 Å². The molecule has 1 fully saturated rings. The summed E-state index contributed by atoms with van der Waals surface area (Å²) in [6.07, 6.45) is 4.56. The third-order valence-corrected chi connectivity index (χ3v) is 5.26. The SMILES string of the molecule is COC(=O)CCCc1nnc(NC(=O)CC(C)C2CCCNC2)s1.Cl. The summed E-state index contributed by atoms with van der Waals surface area (Å²) in [5, 5.41) is 15.6. The van der Waals surface area contributed by atoms with Gasteiger partial charge in [-0.15, -0.1) is 22.6 Å². The second kappa shape index (κ2) is 11.4. The van der Waals surface area contributed by atoms with E-state index in [0.29, 0.717) is 42.7 Å². The molecule has 2 unspecified atom stereocenters. The van der Waals surface area contributed by atoms with Gasteiger partial charge in [-0.05, 0) is 44.2 Å². The zero-order valence-electron chi connectivity index (χ0n) is 14.7. The fraction of sp³-hybridized carbons (Fsp3) is 0.750. The second-order valence-corrected chi connectivity index (χ2v) is 7.33. The molecular weight excluding hydrogens is 364 g/mol. The number of hydrogen-bond acceptors (Lipinski definition) is 7. The smallest absolute Gasteiger partial charge is 0.305 e. The van der Waals surface area contributed by atoms with Crippen LogP contribution in [0.25, 0.3) is 0 Å². The van der Waals surface area contributed by atoms with Crippen LogP contribution in [0.15, 0.2) is 0 Å². The van der Waals surface area contributed by atoms with E-state index in [4.69, 9.17) is 0 Å². The third-order valence-electron chi connectivity index (χ3n) is 4.36. The lowest BCUT2D eigenvalue weighted by atomic mass is 9.85.